The van der Waals surface area contributed by atoms with Gasteiger partial charge in [-0.1, -0.05) is 97.1 Å². The molecule has 12 aromatic carbocycles. The molecule has 0 unspecified atom stereocenters. The molecule has 0 aliphatic carbocycles. The van der Waals surface area contributed by atoms with E-state index in [-0.39, 0.29) is 143 Å². The van der Waals surface area contributed by atoms with Crippen molar-refractivity contribution in [3.63, 3.8) is 0 Å². The number of hydrogen-bond acceptors (Lipinski definition) is 18. The summed E-state index contributed by atoms with van der Waals surface area (Å²) in [5.41, 5.74) is 12.3. The molecular formula is C108H78N4O24. The molecule has 0 saturated heterocycles. The van der Waals surface area contributed by atoms with Gasteiger partial charge in [-0.3, -0.25) is 0 Å². The number of hydrogen-bond donors (Lipinski definition) is 10. The Balaban J connectivity index is 0.936. The van der Waals surface area contributed by atoms with E-state index in [0.717, 1.165) is 0 Å². The first-order valence-corrected chi connectivity index (χ1v) is 42.2. The zero-order chi connectivity index (χ0) is 94.6. The summed E-state index contributed by atoms with van der Waals surface area (Å²) in [5, 5.41) is 79.0. The lowest BCUT2D eigenvalue weighted by molar-refractivity contribution is 0.0686. The number of H-pyrrole nitrogens is 2. The van der Waals surface area contributed by atoms with E-state index in [2.05, 4.69) is 9.97 Å². The third kappa shape index (κ3) is 21.4. The van der Waals surface area contributed by atoms with Crippen LogP contribution in [0.25, 0.3) is 90.9 Å². The first-order valence-electron chi connectivity index (χ1n) is 42.2. The number of nitrogens with one attached hydrogen (secondary N) is 2. The summed E-state index contributed by atoms with van der Waals surface area (Å²) in [4.78, 5) is 116. The number of rotatable bonds is 36. The molecule has 10 N–H and O–H groups in total. The number of carboxylic acids is 8. The molecule has 2 aliphatic rings. The predicted octanol–water partition coefficient (Wildman–Crippen LogP) is 21.5. The van der Waals surface area contributed by atoms with Crippen LogP contribution in [0.1, 0.15) is 150 Å². The van der Waals surface area contributed by atoms with E-state index in [9.17, 15) is 79.2 Å². The molecule has 5 heterocycles. The van der Waals surface area contributed by atoms with Crippen LogP contribution in [0.15, 0.2) is 291 Å². The number of aromatic nitrogens is 4. The third-order valence-electron chi connectivity index (χ3n) is 22.3. The Labute approximate surface area is 773 Å². The van der Waals surface area contributed by atoms with Crippen LogP contribution >= 0.6 is 0 Å². The fourth-order valence-corrected chi connectivity index (χ4v) is 15.2. The minimum Gasteiger partial charge on any atom is -0.489 e. The normalized spacial score (nSPS) is 11.3. The largest absolute Gasteiger partial charge is 0.489 e. The molecule has 17 rings (SSSR count). The molecule has 8 bridgehead atoms. The first-order chi connectivity index (χ1) is 65.8. The SMILES string of the molecule is O=C(O)c1ccc(COc2cc(OCc3ccc(C(=O)O)cc3)cc(-c3c4nc(c(-c5cc(OCc6ccc(C(=O)O)cc6)cc(OCc6ccc(C(=O)O)cc6)c5)c5ccc([nH]5)c(-c5cc(OCc6ccc(C(=O)O)cc6)cc(OCc6ccc(C(=O)O)cc6)c5)c5nc(c(-c6cc(OCc7ccc(C(=O)O)cc7)cc(OCc7ccc(C(=O)O)cc7)c6)c6ccc3[nH]6)C=C5)C=C4)c2)cc1. The molecule has 0 spiro atoms. The van der Waals surface area contributed by atoms with E-state index < -0.39 is 47.8 Å². The van der Waals surface area contributed by atoms with E-state index in [1.54, 1.807) is 170 Å². The molecule has 0 radical (unpaired) electrons. The van der Waals surface area contributed by atoms with Crippen LogP contribution in [0.2, 0.25) is 0 Å². The van der Waals surface area contributed by atoms with Gasteiger partial charge in [0.15, 0.2) is 0 Å². The maximum absolute atomic E-state index is 12.1. The summed E-state index contributed by atoms with van der Waals surface area (Å²) in [6, 6.07) is 78.4. The molecule has 136 heavy (non-hydrogen) atoms. The Bertz CT molecular complexity index is 6240. The molecular weight excluding hydrogens is 1740 g/mol. The molecule has 15 aromatic rings. The van der Waals surface area contributed by atoms with E-state index >= 15 is 0 Å². The Morgan fingerprint density at radius 3 is 0.449 bits per heavy atom. The van der Waals surface area contributed by atoms with Crippen molar-refractivity contribution < 1.29 is 117 Å². The fourth-order valence-electron chi connectivity index (χ4n) is 15.2. The van der Waals surface area contributed by atoms with Crippen LogP contribution in [-0.2, 0) is 52.9 Å². The lowest BCUT2D eigenvalue weighted by Gasteiger charge is -2.15. The van der Waals surface area contributed by atoms with Gasteiger partial charge >= 0.3 is 47.8 Å². The molecule has 0 fully saturated rings. The lowest BCUT2D eigenvalue weighted by atomic mass is 10.0. The van der Waals surface area contributed by atoms with Crippen molar-refractivity contribution in [3.8, 4) is 90.5 Å². The number of fused-ring (bicyclic) bond motifs is 8. The van der Waals surface area contributed by atoms with E-state index in [4.69, 9.17) is 47.9 Å². The Morgan fingerprint density at radius 1 is 0.191 bits per heavy atom. The van der Waals surface area contributed by atoms with Crippen LogP contribution in [0.4, 0.5) is 0 Å². The summed E-state index contributed by atoms with van der Waals surface area (Å²) in [6.07, 6.45) is 7.35. The zero-order valence-electron chi connectivity index (χ0n) is 71.7. The minimum atomic E-state index is -1.12. The molecule has 674 valence electrons. The Morgan fingerprint density at radius 2 is 0.324 bits per heavy atom. The Kier molecular flexibility index (Phi) is 26.1. The van der Waals surface area contributed by atoms with Gasteiger partial charge in [0.1, 0.15) is 98.9 Å². The smallest absolute Gasteiger partial charge is 0.335 e. The van der Waals surface area contributed by atoms with Crippen molar-refractivity contribution in [2.24, 2.45) is 0 Å². The minimum absolute atomic E-state index is 0.0547. The van der Waals surface area contributed by atoms with E-state index in [1.165, 1.54) is 97.1 Å². The molecule has 28 heteroatoms. The van der Waals surface area contributed by atoms with Crippen molar-refractivity contribution in [1.82, 2.24) is 19.9 Å². The monoisotopic (exact) mass is 1810 g/mol. The van der Waals surface area contributed by atoms with Crippen LogP contribution < -0.4 is 37.9 Å². The standard InChI is InChI=1S/C108H78N4O24/c113-101(114)69-17-1-61(2-18-69)53-129-81-41-77(42-82(49-81)130-54-62-3-19-70(20-4-62)102(115)116)97-89-33-35-91(109-89)98(78-43-83(131-55-63-5-21-71(22-6-63)103(117)118)50-84(44-78)132-56-64-7-23-72(24-8-64)104(119)120)93-37-39-95(111-93)100(80-47-87(135-59-67-13-29-75(30-14-67)107(125)126)52-88(48-80)136-60-68-15-31-76(32-16-68)108(127)128)96-40-38-94(112-96)99(92-36-34-90(97)110-92)79-45-85(133-57-65-9-25-73(26-10-65)105(121)122)51-86(46-79)134-58-66-11-27-74(28-12-66)106(123)124/h1-52,109,112H,53-60H2,(H,113,114)(H,115,116)(H,117,118)(H,119,120)(H,121,122)(H,123,124)(H,125,126)(H,127,128). The molecule has 0 atom stereocenters. The third-order valence-corrected chi connectivity index (χ3v) is 22.3. The van der Waals surface area contributed by atoms with Crippen molar-refractivity contribution in [2.45, 2.75) is 52.9 Å². The molecule has 3 aromatic heterocycles. The maximum Gasteiger partial charge on any atom is 0.335 e. The zero-order valence-corrected chi connectivity index (χ0v) is 71.7. The summed E-state index contributed by atoms with van der Waals surface area (Å²) >= 11 is 0. The van der Waals surface area contributed by atoms with Crippen molar-refractivity contribution in [3.05, 3.63) is 403 Å². The van der Waals surface area contributed by atoms with Gasteiger partial charge in [-0.15, -0.1) is 0 Å². The van der Waals surface area contributed by atoms with E-state index in [1.807, 2.05) is 48.6 Å². The molecule has 28 nitrogen and oxygen atoms in total. The van der Waals surface area contributed by atoms with Gasteiger partial charge in [-0.25, -0.2) is 48.3 Å². The van der Waals surface area contributed by atoms with Gasteiger partial charge in [0.2, 0.25) is 0 Å². The fraction of sp³-hybridized carbons (Fsp3) is 0.0741. The van der Waals surface area contributed by atoms with Gasteiger partial charge < -0.3 is 88.7 Å². The highest BCUT2D eigenvalue weighted by atomic mass is 16.5. The highest BCUT2D eigenvalue weighted by Crippen LogP contribution is 2.45. The van der Waals surface area contributed by atoms with Crippen LogP contribution in [0.5, 0.6) is 46.0 Å². The highest BCUT2D eigenvalue weighted by molar-refractivity contribution is 6.02. The quantitative estimate of drug-likeness (QED) is 0.0174. The number of aromatic amines is 2. The predicted molar refractivity (Wildman–Crippen MR) is 502 cm³/mol. The van der Waals surface area contributed by atoms with Crippen molar-refractivity contribution >= 4 is 94.1 Å². The van der Waals surface area contributed by atoms with Crippen molar-refractivity contribution in [1.29, 1.82) is 0 Å². The number of carboxylic acid groups (broad SMARTS) is 8. The van der Waals surface area contributed by atoms with Gasteiger partial charge in [0.05, 0.1) is 67.3 Å². The van der Waals surface area contributed by atoms with Gasteiger partial charge in [0, 0.05) is 68.6 Å². The molecule has 2 aliphatic heterocycles. The summed E-state index contributed by atoms with van der Waals surface area (Å²) in [5.74, 6) is -6.70. The van der Waals surface area contributed by atoms with Gasteiger partial charge in [-0.2, -0.15) is 0 Å². The lowest BCUT2D eigenvalue weighted by Crippen LogP contribution is -2.01. The number of benzene rings is 12. The second-order valence-corrected chi connectivity index (χ2v) is 31.6. The topological polar surface area (TPSA) is 430 Å². The average Bonchev–Trinajstić information content (AvgIpc) is 1.60. The number of ether oxygens (including phenoxy) is 8. The van der Waals surface area contributed by atoms with E-state index in [0.29, 0.717) is 134 Å². The number of carbonyl (C=O) groups is 8. The first kappa shape index (κ1) is 89.4. The van der Waals surface area contributed by atoms with Crippen LogP contribution in [0, 0.1) is 0 Å². The second-order valence-electron chi connectivity index (χ2n) is 31.6. The summed E-state index contributed by atoms with van der Waals surface area (Å²) < 4.78 is 53.5. The number of aromatic carboxylic acids is 8. The molecule has 0 saturated carbocycles. The van der Waals surface area contributed by atoms with Crippen LogP contribution in [-0.4, -0.2) is 109 Å². The van der Waals surface area contributed by atoms with Gasteiger partial charge in [-0.05, 0) is 261 Å². The van der Waals surface area contributed by atoms with Crippen molar-refractivity contribution in [2.75, 3.05) is 0 Å². The average molecular weight is 1820 g/mol. The van der Waals surface area contributed by atoms with Crippen LogP contribution in [0.3, 0.4) is 0 Å². The maximum atomic E-state index is 12.1. The highest BCUT2D eigenvalue weighted by Gasteiger charge is 2.25. The Hall–Kier alpha value is -18.6. The second kappa shape index (κ2) is 39.8. The summed E-state index contributed by atoms with van der Waals surface area (Å²) in [6.45, 7) is -0.438. The number of nitrogens with zero attached hydrogens (tertiary/aromatic N) is 2. The summed E-state index contributed by atoms with van der Waals surface area (Å²) in [7, 11) is 0. The molecule has 0 amide bonds. The van der Waals surface area contributed by atoms with Gasteiger partial charge in [0.25, 0.3) is 0 Å².